The Kier molecular flexibility index (Phi) is 7.98. The predicted molar refractivity (Wildman–Crippen MR) is 118 cm³/mol. The number of rotatable bonds is 7. The van der Waals surface area contributed by atoms with Crippen LogP contribution in [0.4, 0.5) is 5.69 Å². The molecule has 31 heavy (non-hydrogen) atoms. The number of carbonyl (C=O) groups excluding carboxylic acids is 2. The maximum absolute atomic E-state index is 12.1. The van der Waals surface area contributed by atoms with E-state index in [2.05, 4.69) is 47.6 Å². The van der Waals surface area contributed by atoms with E-state index in [1.54, 1.807) is 12.1 Å². The Balaban J connectivity index is 1.85. The van der Waals surface area contributed by atoms with Crippen LogP contribution in [0.5, 0.6) is 11.5 Å². The zero-order valence-corrected chi connectivity index (χ0v) is 19.2. The van der Waals surface area contributed by atoms with Gasteiger partial charge in [-0.2, -0.15) is 0 Å². The minimum Gasteiger partial charge on any atom is -0.483 e. The lowest BCUT2D eigenvalue weighted by molar-refractivity contribution is -0.386. The number of amides is 2. The molecule has 1 unspecified atom stereocenters. The summed E-state index contributed by atoms with van der Waals surface area (Å²) < 4.78 is 11.5. The topological polar surface area (TPSA) is 120 Å². The number of nitrogens with one attached hydrogen (secondary N) is 2. The lowest BCUT2D eigenvalue weighted by atomic mass is 9.87. The Labute approximate surface area is 188 Å². The first-order valence-electron chi connectivity index (χ1n) is 9.40. The number of hydrogen-bond donors (Lipinski definition) is 2. The molecule has 0 heterocycles. The molecule has 2 rings (SSSR count). The van der Waals surface area contributed by atoms with Crippen molar-refractivity contribution in [1.82, 2.24) is 10.9 Å². The molecule has 0 aliphatic carbocycles. The van der Waals surface area contributed by atoms with E-state index in [-0.39, 0.29) is 23.5 Å². The third kappa shape index (κ3) is 6.95. The summed E-state index contributed by atoms with van der Waals surface area (Å²) >= 11 is 3.43. The minimum atomic E-state index is -1.08. The van der Waals surface area contributed by atoms with Gasteiger partial charge in [-0.25, -0.2) is 0 Å². The van der Waals surface area contributed by atoms with Gasteiger partial charge < -0.3 is 9.47 Å². The van der Waals surface area contributed by atoms with E-state index in [1.807, 2.05) is 12.1 Å². The zero-order valence-electron chi connectivity index (χ0n) is 17.6. The van der Waals surface area contributed by atoms with E-state index in [0.29, 0.717) is 10.2 Å². The number of nitro groups is 1. The van der Waals surface area contributed by atoms with Gasteiger partial charge in [0.25, 0.3) is 11.8 Å². The summed E-state index contributed by atoms with van der Waals surface area (Å²) in [6.07, 6.45) is -1.08. The van der Waals surface area contributed by atoms with Crippen LogP contribution in [0.1, 0.15) is 33.3 Å². The highest BCUT2D eigenvalue weighted by Crippen LogP contribution is 2.31. The van der Waals surface area contributed by atoms with E-state index in [0.717, 1.165) is 5.56 Å². The largest absolute Gasteiger partial charge is 0.483 e. The average molecular weight is 494 g/mol. The number of carbonyl (C=O) groups is 2. The van der Waals surface area contributed by atoms with Gasteiger partial charge in [-0.05, 0) is 52.0 Å². The van der Waals surface area contributed by atoms with Crippen molar-refractivity contribution in [2.45, 2.75) is 39.2 Å². The van der Waals surface area contributed by atoms with Gasteiger partial charge in [-0.3, -0.25) is 30.6 Å². The lowest BCUT2D eigenvalue weighted by Crippen LogP contribution is -2.48. The average Bonchev–Trinajstić information content (AvgIpc) is 2.70. The fraction of sp³-hybridized carbons (Fsp3) is 0.333. The molecule has 9 nitrogen and oxygen atoms in total. The second-order valence-corrected chi connectivity index (χ2v) is 8.56. The first-order valence-corrected chi connectivity index (χ1v) is 10.2. The van der Waals surface area contributed by atoms with E-state index in [4.69, 9.17) is 9.47 Å². The molecule has 2 aromatic rings. The third-order valence-electron chi connectivity index (χ3n) is 4.22. The number of hydrazine groups is 1. The van der Waals surface area contributed by atoms with Crippen LogP contribution in [0.3, 0.4) is 0 Å². The molecule has 0 aliphatic rings. The van der Waals surface area contributed by atoms with E-state index in [1.165, 1.54) is 25.1 Å². The molecule has 0 saturated carbocycles. The fourth-order valence-corrected chi connectivity index (χ4v) is 2.94. The standard InChI is InChI=1S/C21H24BrN3O6/c1-13(31-18-8-6-5-7-16(18)25(28)29)20(27)24-23-19(26)12-30-17-10-9-14(11-15(17)22)21(2,3)4/h5-11,13H,12H2,1-4H3,(H,23,26)(H,24,27). The van der Waals surface area contributed by atoms with Crippen LogP contribution in [0, 0.1) is 10.1 Å². The van der Waals surface area contributed by atoms with Crippen molar-refractivity contribution in [1.29, 1.82) is 0 Å². The second kappa shape index (κ2) is 10.3. The number of halogens is 1. The molecule has 2 aromatic carbocycles. The molecular weight excluding hydrogens is 470 g/mol. The molecule has 0 fully saturated rings. The van der Waals surface area contributed by atoms with Crippen molar-refractivity contribution in [3.63, 3.8) is 0 Å². The molecule has 10 heteroatoms. The predicted octanol–water partition coefficient (Wildman–Crippen LogP) is 3.65. The Morgan fingerprint density at radius 2 is 1.81 bits per heavy atom. The highest BCUT2D eigenvalue weighted by Gasteiger charge is 2.21. The summed E-state index contributed by atoms with van der Waals surface area (Å²) in [6, 6.07) is 11.3. The Hall–Kier alpha value is -3.14. The molecule has 0 radical (unpaired) electrons. The smallest absolute Gasteiger partial charge is 0.310 e. The summed E-state index contributed by atoms with van der Waals surface area (Å²) in [7, 11) is 0. The van der Waals surface area contributed by atoms with Gasteiger partial charge in [-0.15, -0.1) is 0 Å². The Bertz CT molecular complexity index is 974. The molecule has 0 spiro atoms. The normalized spacial score (nSPS) is 11.9. The number of para-hydroxylation sites is 2. The van der Waals surface area contributed by atoms with Crippen LogP contribution in [0.2, 0.25) is 0 Å². The van der Waals surface area contributed by atoms with E-state index in [9.17, 15) is 19.7 Å². The molecule has 0 bridgehead atoms. The quantitative estimate of drug-likeness (QED) is 0.448. The van der Waals surface area contributed by atoms with Gasteiger partial charge in [0.1, 0.15) is 5.75 Å². The van der Waals surface area contributed by atoms with Crippen LogP contribution in [0.15, 0.2) is 46.9 Å². The number of benzene rings is 2. The molecule has 2 N–H and O–H groups in total. The van der Waals surface area contributed by atoms with Crippen molar-refractivity contribution in [2.75, 3.05) is 6.61 Å². The van der Waals surface area contributed by atoms with Crippen LogP contribution < -0.4 is 20.3 Å². The number of ether oxygens (including phenoxy) is 2. The molecule has 1 atom stereocenters. The highest BCUT2D eigenvalue weighted by atomic mass is 79.9. The van der Waals surface area contributed by atoms with Crippen molar-refractivity contribution in [3.05, 3.63) is 62.6 Å². The van der Waals surface area contributed by atoms with Gasteiger partial charge in [0.15, 0.2) is 18.5 Å². The Morgan fingerprint density at radius 3 is 2.42 bits per heavy atom. The number of nitrogens with zero attached hydrogens (tertiary/aromatic N) is 1. The van der Waals surface area contributed by atoms with Crippen molar-refractivity contribution in [2.24, 2.45) is 0 Å². The maximum atomic E-state index is 12.1. The highest BCUT2D eigenvalue weighted by molar-refractivity contribution is 9.10. The SMILES string of the molecule is CC(Oc1ccccc1[N+](=O)[O-])C(=O)NNC(=O)COc1ccc(C(C)(C)C)cc1Br. The molecular formula is C21H24BrN3O6. The molecule has 166 valence electrons. The number of hydrogen-bond acceptors (Lipinski definition) is 6. The van der Waals surface area contributed by atoms with Gasteiger partial charge in [-0.1, -0.05) is 39.0 Å². The van der Waals surface area contributed by atoms with E-state index >= 15 is 0 Å². The summed E-state index contributed by atoms with van der Waals surface area (Å²) in [5.41, 5.74) is 5.25. The van der Waals surface area contributed by atoms with Crippen molar-refractivity contribution >= 4 is 33.4 Å². The lowest BCUT2D eigenvalue weighted by Gasteiger charge is -2.20. The first-order chi connectivity index (χ1) is 14.5. The first kappa shape index (κ1) is 24.1. The molecule has 0 saturated heterocycles. The molecule has 0 aliphatic heterocycles. The van der Waals surface area contributed by atoms with Crippen molar-refractivity contribution < 1.29 is 24.0 Å². The fourth-order valence-electron chi connectivity index (χ4n) is 2.45. The summed E-state index contributed by atoms with van der Waals surface area (Å²) in [5, 5.41) is 11.0. The van der Waals surface area contributed by atoms with Gasteiger partial charge >= 0.3 is 5.69 Å². The minimum absolute atomic E-state index is 0.0261. The maximum Gasteiger partial charge on any atom is 0.310 e. The summed E-state index contributed by atoms with van der Waals surface area (Å²) in [6.45, 7) is 7.35. The van der Waals surface area contributed by atoms with Gasteiger partial charge in [0.05, 0.1) is 9.40 Å². The van der Waals surface area contributed by atoms with Crippen LogP contribution in [0.25, 0.3) is 0 Å². The van der Waals surface area contributed by atoms with Crippen LogP contribution in [-0.4, -0.2) is 29.4 Å². The van der Waals surface area contributed by atoms with Gasteiger partial charge in [0, 0.05) is 6.07 Å². The van der Waals surface area contributed by atoms with Crippen molar-refractivity contribution in [3.8, 4) is 11.5 Å². The van der Waals surface area contributed by atoms with Crippen LogP contribution >= 0.6 is 15.9 Å². The monoisotopic (exact) mass is 493 g/mol. The van der Waals surface area contributed by atoms with Gasteiger partial charge in [0.2, 0.25) is 0 Å². The summed E-state index contributed by atoms with van der Waals surface area (Å²) in [4.78, 5) is 34.5. The van der Waals surface area contributed by atoms with E-state index < -0.39 is 22.8 Å². The molecule has 2 amide bonds. The zero-order chi connectivity index (χ0) is 23.2. The second-order valence-electron chi connectivity index (χ2n) is 7.71. The number of nitro benzene ring substituents is 1. The third-order valence-corrected chi connectivity index (χ3v) is 4.84. The summed E-state index contributed by atoms with van der Waals surface area (Å²) in [5.74, 6) is -0.823. The molecule has 0 aromatic heterocycles. The Morgan fingerprint density at radius 1 is 1.13 bits per heavy atom. The van der Waals surface area contributed by atoms with Crippen LogP contribution in [-0.2, 0) is 15.0 Å².